The molecule has 1 atom stereocenters. The number of cyclic esters (lactones) is 3. The SMILES string of the molecule is O=C1Cc2cc3c(cc2C(=O)O1)C(=O)OC(O)C3. The molecule has 1 aromatic carbocycles. The van der Waals surface area contributed by atoms with Gasteiger partial charge in [0.2, 0.25) is 6.29 Å². The van der Waals surface area contributed by atoms with Crippen molar-refractivity contribution in [1.82, 2.24) is 0 Å². The smallest absolute Gasteiger partial charge is 0.346 e. The Kier molecular flexibility index (Phi) is 2.21. The zero-order chi connectivity index (χ0) is 12.9. The summed E-state index contributed by atoms with van der Waals surface area (Å²) < 4.78 is 9.14. The van der Waals surface area contributed by atoms with Gasteiger partial charge in [0.05, 0.1) is 17.5 Å². The maximum atomic E-state index is 11.6. The van der Waals surface area contributed by atoms with Crippen molar-refractivity contribution in [1.29, 1.82) is 0 Å². The van der Waals surface area contributed by atoms with E-state index in [2.05, 4.69) is 9.47 Å². The maximum Gasteiger partial charge on any atom is 0.346 e. The summed E-state index contributed by atoms with van der Waals surface area (Å²) in [6, 6.07) is 2.93. The summed E-state index contributed by atoms with van der Waals surface area (Å²) in [5, 5.41) is 9.33. The number of ether oxygens (including phenoxy) is 2. The first-order valence-corrected chi connectivity index (χ1v) is 5.34. The first-order chi connectivity index (χ1) is 8.54. The van der Waals surface area contributed by atoms with Gasteiger partial charge in [-0.3, -0.25) is 4.79 Å². The molecule has 3 rings (SSSR count). The van der Waals surface area contributed by atoms with Crippen LogP contribution in [0.3, 0.4) is 0 Å². The molecule has 2 aliphatic rings. The molecule has 2 heterocycles. The molecule has 2 aliphatic heterocycles. The first kappa shape index (κ1) is 10.9. The van der Waals surface area contributed by atoms with E-state index in [0.29, 0.717) is 11.1 Å². The molecular formula is C12H8O6. The minimum Gasteiger partial charge on any atom is -0.432 e. The second-order valence-electron chi connectivity index (χ2n) is 4.17. The normalized spacial score (nSPS) is 21.8. The number of hydrogen-bond donors (Lipinski definition) is 1. The van der Waals surface area contributed by atoms with Crippen LogP contribution in [0.5, 0.6) is 0 Å². The van der Waals surface area contributed by atoms with Gasteiger partial charge in [-0.1, -0.05) is 6.07 Å². The number of rotatable bonds is 0. The van der Waals surface area contributed by atoms with Crippen molar-refractivity contribution >= 4 is 17.9 Å². The molecule has 1 unspecified atom stereocenters. The molecule has 0 aliphatic carbocycles. The summed E-state index contributed by atoms with van der Waals surface area (Å²) in [5.41, 5.74) is 1.50. The van der Waals surface area contributed by atoms with Gasteiger partial charge in [0.15, 0.2) is 0 Å². The van der Waals surface area contributed by atoms with E-state index in [1.807, 2.05) is 0 Å². The fraction of sp³-hybridized carbons (Fsp3) is 0.250. The molecule has 0 saturated carbocycles. The largest absolute Gasteiger partial charge is 0.432 e. The van der Waals surface area contributed by atoms with Gasteiger partial charge in [-0.05, 0) is 17.2 Å². The van der Waals surface area contributed by atoms with Crippen LogP contribution in [0.1, 0.15) is 31.8 Å². The summed E-state index contributed by atoms with van der Waals surface area (Å²) in [6.45, 7) is 0. The van der Waals surface area contributed by atoms with E-state index < -0.39 is 24.2 Å². The molecule has 0 spiro atoms. The number of carbonyl (C=O) groups excluding carboxylic acids is 3. The zero-order valence-electron chi connectivity index (χ0n) is 9.13. The number of aliphatic hydroxyl groups is 1. The van der Waals surface area contributed by atoms with E-state index in [0.717, 1.165) is 0 Å². The standard InChI is InChI=1S/C12H8O6/c13-9-2-5-1-6-3-10(14)18-12(16)8(6)4-7(5)11(15)17-9/h1,4,9,13H,2-3H2. The predicted molar refractivity (Wildman–Crippen MR) is 55.7 cm³/mol. The highest BCUT2D eigenvalue weighted by Crippen LogP contribution is 2.27. The molecule has 1 N–H and O–H groups in total. The van der Waals surface area contributed by atoms with E-state index in [1.165, 1.54) is 6.07 Å². The molecule has 92 valence electrons. The van der Waals surface area contributed by atoms with Gasteiger partial charge in [-0.25, -0.2) is 9.59 Å². The molecule has 0 saturated heterocycles. The van der Waals surface area contributed by atoms with Crippen molar-refractivity contribution < 1.29 is 29.0 Å². The summed E-state index contributed by atoms with van der Waals surface area (Å²) in [6.07, 6.45) is -1.05. The van der Waals surface area contributed by atoms with E-state index >= 15 is 0 Å². The quantitative estimate of drug-likeness (QED) is 0.511. The summed E-state index contributed by atoms with van der Waals surface area (Å²) in [4.78, 5) is 34.2. The number of aliphatic hydroxyl groups excluding tert-OH is 1. The van der Waals surface area contributed by atoms with Gasteiger partial charge < -0.3 is 14.6 Å². The van der Waals surface area contributed by atoms with Crippen molar-refractivity contribution in [3.05, 3.63) is 34.4 Å². The maximum absolute atomic E-state index is 11.6. The van der Waals surface area contributed by atoms with Crippen molar-refractivity contribution in [2.75, 3.05) is 0 Å². The van der Waals surface area contributed by atoms with Gasteiger partial charge in [-0.2, -0.15) is 0 Å². The van der Waals surface area contributed by atoms with Crippen molar-refractivity contribution in [2.24, 2.45) is 0 Å². The fourth-order valence-corrected chi connectivity index (χ4v) is 2.16. The van der Waals surface area contributed by atoms with Gasteiger partial charge in [-0.15, -0.1) is 0 Å². The molecular weight excluding hydrogens is 240 g/mol. The molecule has 0 fully saturated rings. The first-order valence-electron chi connectivity index (χ1n) is 5.34. The van der Waals surface area contributed by atoms with Gasteiger partial charge >= 0.3 is 17.9 Å². The van der Waals surface area contributed by atoms with Crippen LogP contribution >= 0.6 is 0 Å². The molecule has 1 aromatic rings. The van der Waals surface area contributed by atoms with Crippen molar-refractivity contribution in [2.45, 2.75) is 19.1 Å². The van der Waals surface area contributed by atoms with Gasteiger partial charge in [0.25, 0.3) is 0 Å². The van der Waals surface area contributed by atoms with E-state index in [1.54, 1.807) is 6.07 Å². The third-order valence-electron chi connectivity index (χ3n) is 2.95. The summed E-state index contributed by atoms with van der Waals surface area (Å²) in [7, 11) is 0. The van der Waals surface area contributed by atoms with Crippen LogP contribution in [-0.4, -0.2) is 29.3 Å². The van der Waals surface area contributed by atoms with Crippen LogP contribution in [0, 0.1) is 0 Å². The third kappa shape index (κ3) is 1.58. The number of hydrogen-bond acceptors (Lipinski definition) is 6. The molecule has 6 nitrogen and oxygen atoms in total. The molecule has 0 bridgehead atoms. The van der Waals surface area contributed by atoms with E-state index in [-0.39, 0.29) is 24.0 Å². The van der Waals surface area contributed by atoms with Gasteiger partial charge in [0.1, 0.15) is 0 Å². The van der Waals surface area contributed by atoms with Crippen LogP contribution in [0.15, 0.2) is 12.1 Å². The average molecular weight is 248 g/mol. The van der Waals surface area contributed by atoms with Gasteiger partial charge in [0, 0.05) is 6.42 Å². The molecule has 18 heavy (non-hydrogen) atoms. The lowest BCUT2D eigenvalue weighted by molar-refractivity contribution is -0.137. The Hall–Kier alpha value is -2.21. The van der Waals surface area contributed by atoms with Crippen LogP contribution in [-0.2, 0) is 27.1 Å². The lowest BCUT2D eigenvalue weighted by Gasteiger charge is -2.23. The Labute approximate surface area is 101 Å². The molecule has 6 heteroatoms. The van der Waals surface area contributed by atoms with Crippen molar-refractivity contribution in [3.63, 3.8) is 0 Å². The highest BCUT2D eigenvalue weighted by molar-refractivity contribution is 6.04. The fourth-order valence-electron chi connectivity index (χ4n) is 2.16. The topological polar surface area (TPSA) is 89.9 Å². The molecule has 0 amide bonds. The molecule has 0 aromatic heterocycles. The minimum absolute atomic E-state index is 0.0144. The number of esters is 3. The number of fused-ring (bicyclic) bond motifs is 2. The number of carbonyl (C=O) groups is 3. The van der Waals surface area contributed by atoms with E-state index in [4.69, 9.17) is 0 Å². The Morgan fingerprint density at radius 1 is 1.06 bits per heavy atom. The zero-order valence-corrected chi connectivity index (χ0v) is 9.13. The van der Waals surface area contributed by atoms with Crippen molar-refractivity contribution in [3.8, 4) is 0 Å². The van der Waals surface area contributed by atoms with Crippen LogP contribution in [0.25, 0.3) is 0 Å². The highest BCUT2D eigenvalue weighted by atomic mass is 16.6. The van der Waals surface area contributed by atoms with Crippen LogP contribution in [0.2, 0.25) is 0 Å². The molecule has 0 radical (unpaired) electrons. The summed E-state index contributed by atoms with van der Waals surface area (Å²) >= 11 is 0. The number of benzene rings is 1. The Bertz CT molecular complexity index is 588. The third-order valence-corrected chi connectivity index (χ3v) is 2.95. The van der Waals surface area contributed by atoms with Crippen LogP contribution in [0.4, 0.5) is 0 Å². The average Bonchev–Trinajstić information content (AvgIpc) is 2.26. The summed E-state index contributed by atoms with van der Waals surface area (Å²) in [5.74, 6) is -2.06. The lowest BCUT2D eigenvalue weighted by atomic mass is 9.92. The lowest BCUT2D eigenvalue weighted by Crippen LogP contribution is -2.30. The van der Waals surface area contributed by atoms with E-state index in [9.17, 15) is 19.5 Å². The monoisotopic (exact) mass is 248 g/mol. The second kappa shape index (κ2) is 3.64. The Morgan fingerprint density at radius 3 is 2.56 bits per heavy atom. The second-order valence-corrected chi connectivity index (χ2v) is 4.17. The predicted octanol–water partition coefficient (Wildman–Crippen LogP) is -0.0426. The van der Waals surface area contributed by atoms with Crippen LogP contribution < -0.4 is 0 Å². The highest BCUT2D eigenvalue weighted by Gasteiger charge is 2.31. The Balaban J connectivity index is 2.15. The minimum atomic E-state index is -1.19. The Morgan fingerprint density at radius 2 is 1.78 bits per heavy atom.